The molecule has 0 aromatic carbocycles. The van der Waals surface area contributed by atoms with Crippen molar-refractivity contribution < 1.29 is 14.7 Å². The Labute approximate surface area is 98.7 Å². The Bertz CT molecular complexity index is 365. The summed E-state index contributed by atoms with van der Waals surface area (Å²) in [6.07, 6.45) is 5.79. The number of aliphatic carboxylic acids is 1. The van der Waals surface area contributed by atoms with Gasteiger partial charge in [0.1, 0.15) is 6.04 Å². The summed E-state index contributed by atoms with van der Waals surface area (Å²) in [5.74, 6) is -1.50. The van der Waals surface area contributed by atoms with Crippen LogP contribution in [-0.2, 0) is 9.59 Å². The number of rotatable bonds is 6. The van der Waals surface area contributed by atoms with Gasteiger partial charge in [-0.05, 0) is 18.9 Å². The molecule has 0 spiro atoms. The van der Waals surface area contributed by atoms with Gasteiger partial charge in [0.2, 0.25) is 5.91 Å². The van der Waals surface area contributed by atoms with Crippen LogP contribution < -0.4 is 16.9 Å². The highest BCUT2D eigenvalue weighted by molar-refractivity contribution is 5.94. The van der Waals surface area contributed by atoms with E-state index < -0.39 is 17.9 Å². The van der Waals surface area contributed by atoms with E-state index in [0.717, 1.165) is 0 Å². The summed E-state index contributed by atoms with van der Waals surface area (Å²) in [4.78, 5) is 21.3. The fourth-order valence-electron chi connectivity index (χ4n) is 1.31. The van der Waals surface area contributed by atoms with E-state index in [1.807, 2.05) is 0 Å². The highest BCUT2D eigenvalue weighted by Crippen LogP contribution is 2.04. The fourth-order valence-corrected chi connectivity index (χ4v) is 1.31. The van der Waals surface area contributed by atoms with Crippen LogP contribution in [0.2, 0.25) is 0 Å². The lowest BCUT2D eigenvalue weighted by Gasteiger charge is -2.23. The van der Waals surface area contributed by atoms with Gasteiger partial charge in [-0.3, -0.25) is 14.6 Å². The first-order valence-electron chi connectivity index (χ1n) is 5.20. The Morgan fingerprint density at radius 3 is 2.71 bits per heavy atom. The number of carboxylic acid groups (broad SMARTS) is 1. The second kappa shape index (κ2) is 5.90. The average Bonchev–Trinajstić information content (AvgIpc) is 2.29. The van der Waals surface area contributed by atoms with Gasteiger partial charge < -0.3 is 22.0 Å². The summed E-state index contributed by atoms with van der Waals surface area (Å²) in [7, 11) is 0. The first-order chi connectivity index (χ1) is 8.00. The van der Waals surface area contributed by atoms with Crippen molar-refractivity contribution >= 4 is 11.9 Å². The molecule has 0 bridgehead atoms. The van der Waals surface area contributed by atoms with Crippen LogP contribution in [0.25, 0.3) is 0 Å². The van der Waals surface area contributed by atoms with E-state index in [0.29, 0.717) is 25.0 Å². The zero-order valence-corrected chi connectivity index (χ0v) is 9.30. The highest BCUT2D eigenvalue weighted by atomic mass is 16.4. The van der Waals surface area contributed by atoms with Crippen molar-refractivity contribution in [1.82, 2.24) is 10.4 Å². The second-order valence-electron chi connectivity index (χ2n) is 3.69. The smallest absolute Gasteiger partial charge is 0.320 e. The molecule has 1 atom stereocenters. The van der Waals surface area contributed by atoms with Crippen molar-refractivity contribution in [3.05, 3.63) is 24.0 Å². The van der Waals surface area contributed by atoms with Gasteiger partial charge in [-0.15, -0.1) is 0 Å². The molecular weight excluding hydrogens is 224 g/mol. The third-order valence-corrected chi connectivity index (χ3v) is 2.34. The monoisotopic (exact) mass is 240 g/mol. The van der Waals surface area contributed by atoms with Gasteiger partial charge in [0.05, 0.1) is 5.57 Å². The zero-order valence-electron chi connectivity index (χ0n) is 9.30. The van der Waals surface area contributed by atoms with Gasteiger partial charge >= 0.3 is 5.97 Å². The fraction of sp³-hybridized carbons (Fsp3) is 0.400. The molecule has 1 heterocycles. The van der Waals surface area contributed by atoms with Gasteiger partial charge in [-0.1, -0.05) is 0 Å². The van der Waals surface area contributed by atoms with Crippen LogP contribution in [0, 0.1) is 0 Å². The number of nitrogens with one attached hydrogen (secondary N) is 1. The number of hydrogen-bond donors (Lipinski definition) is 4. The first-order valence-corrected chi connectivity index (χ1v) is 5.20. The third-order valence-electron chi connectivity index (χ3n) is 2.34. The lowest BCUT2D eigenvalue weighted by atomic mass is 10.1. The predicted molar refractivity (Wildman–Crippen MR) is 61.1 cm³/mol. The van der Waals surface area contributed by atoms with E-state index in [-0.39, 0.29) is 0 Å². The summed E-state index contributed by atoms with van der Waals surface area (Å²) < 4.78 is 0. The number of carboxylic acids is 1. The van der Waals surface area contributed by atoms with E-state index in [9.17, 15) is 9.59 Å². The maximum atomic E-state index is 10.8. The van der Waals surface area contributed by atoms with Crippen LogP contribution in [-0.4, -0.2) is 34.6 Å². The van der Waals surface area contributed by atoms with E-state index in [2.05, 4.69) is 5.43 Å². The number of carbonyl (C=O) groups excluding carboxylic acids is 1. The Hall–Kier alpha value is -2.02. The summed E-state index contributed by atoms with van der Waals surface area (Å²) in [6.45, 7) is 0.597. The molecule has 0 fully saturated rings. The van der Waals surface area contributed by atoms with Crippen LogP contribution >= 0.6 is 0 Å². The van der Waals surface area contributed by atoms with E-state index in [1.54, 1.807) is 17.3 Å². The molecule has 94 valence electrons. The van der Waals surface area contributed by atoms with Crippen molar-refractivity contribution in [2.24, 2.45) is 11.5 Å². The molecule has 0 radical (unpaired) electrons. The summed E-state index contributed by atoms with van der Waals surface area (Å²) in [5.41, 5.74) is 13.7. The lowest BCUT2D eigenvalue weighted by molar-refractivity contribution is -0.138. The van der Waals surface area contributed by atoms with Gasteiger partial charge in [-0.25, -0.2) is 0 Å². The van der Waals surface area contributed by atoms with Gasteiger partial charge in [0, 0.05) is 18.9 Å². The van der Waals surface area contributed by atoms with Crippen LogP contribution in [0.4, 0.5) is 0 Å². The zero-order chi connectivity index (χ0) is 12.8. The highest BCUT2D eigenvalue weighted by Gasteiger charge is 2.12. The van der Waals surface area contributed by atoms with Crippen LogP contribution in [0.15, 0.2) is 24.0 Å². The molecule has 7 nitrogen and oxygen atoms in total. The minimum atomic E-state index is -0.997. The van der Waals surface area contributed by atoms with Gasteiger partial charge in [0.15, 0.2) is 0 Å². The van der Waals surface area contributed by atoms with Crippen LogP contribution in [0.5, 0.6) is 0 Å². The Morgan fingerprint density at radius 2 is 2.24 bits per heavy atom. The van der Waals surface area contributed by atoms with Crippen LogP contribution in [0.3, 0.4) is 0 Å². The second-order valence-corrected chi connectivity index (χ2v) is 3.69. The molecular formula is C10H16N4O3. The average molecular weight is 240 g/mol. The number of hydrazine groups is 1. The topological polar surface area (TPSA) is 122 Å². The summed E-state index contributed by atoms with van der Waals surface area (Å²) in [6, 6.07) is -0.833. The van der Waals surface area contributed by atoms with Crippen molar-refractivity contribution in [3.8, 4) is 0 Å². The van der Waals surface area contributed by atoms with Gasteiger partial charge in [0.25, 0.3) is 0 Å². The van der Waals surface area contributed by atoms with Gasteiger partial charge in [-0.2, -0.15) is 0 Å². The standard InChI is InChI=1S/C10H16N4O3/c11-8(10(16)17)2-1-4-14-5-3-7(6-13-14)9(12)15/h3,5-6,8,13H,1-2,4,11H2,(H2,12,15)(H,16,17). The Balaban J connectivity index is 2.26. The molecule has 6 N–H and O–H groups in total. The third kappa shape index (κ3) is 4.15. The summed E-state index contributed by atoms with van der Waals surface area (Å²) >= 11 is 0. The van der Waals surface area contributed by atoms with E-state index >= 15 is 0 Å². The summed E-state index contributed by atoms with van der Waals surface area (Å²) in [5, 5.41) is 10.3. The molecule has 0 aromatic heterocycles. The largest absolute Gasteiger partial charge is 0.480 e. The molecule has 7 heteroatoms. The molecule has 1 aliphatic rings. The van der Waals surface area contributed by atoms with Crippen LogP contribution in [0.1, 0.15) is 12.8 Å². The molecule has 17 heavy (non-hydrogen) atoms. The normalized spacial score (nSPS) is 16.1. The molecule has 1 aliphatic heterocycles. The maximum absolute atomic E-state index is 10.8. The molecule has 1 rings (SSSR count). The molecule has 0 aliphatic carbocycles. The van der Waals surface area contributed by atoms with Crippen molar-refractivity contribution in [2.75, 3.05) is 6.54 Å². The number of nitrogens with two attached hydrogens (primary N) is 2. The Kier molecular flexibility index (Phi) is 4.53. The number of primary amides is 1. The maximum Gasteiger partial charge on any atom is 0.320 e. The van der Waals surface area contributed by atoms with Crippen molar-refractivity contribution in [3.63, 3.8) is 0 Å². The van der Waals surface area contributed by atoms with Crippen molar-refractivity contribution in [2.45, 2.75) is 18.9 Å². The SMILES string of the molecule is NC(=O)C1=CNN(CCCC(N)C(=O)O)C=C1. The van der Waals surface area contributed by atoms with Crippen molar-refractivity contribution in [1.29, 1.82) is 0 Å². The number of carbonyl (C=O) groups is 2. The minimum Gasteiger partial charge on any atom is -0.480 e. The first kappa shape index (κ1) is 13.0. The number of nitrogens with zero attached hydrogens (tertiary/aromatic N) is 1. The quantitative estimate of drug-likeness (QED) is 0.466. The van der Waals surface area contributed by atoms with E-state index in [4.69, 9.17) is 16.6 Å². The lowest BCUT2D eigenvalue weighted by Crippen LogP contribution is -2.35. The Morgan fingerprint density at radius 1 is 1.53 bits per heavy atom. The molecule has 1 unspecified atom stereocenters. The number of amides is 1. The minimum absolute atomic E-state index is 0.392. The number of hydrogen-bond acceptors (Lipinski definition) is 5. The van der Waals surface area contributed by atoms with E-state index in [1.165, 1.54) is 6.20 Å². The molecule has 0 saturated heterocycles. The molecule has 1 amide bonds. The molecule has 0 aromatic rings. The predicted octanol–water partition coefficient (Wildman–Crippen LogP) is -1.12. The molecule has 0 saturated carbocycles.